The molecule has 0 spiro atoms. The van der Waals surface area contributed by atoms with Crippen LogP contribution in [0.1, 0.15) is 22.3 Å². The molecule has 0 saturated carbocycles. The average Bonchev–Trinajstić information content (AvgIpc) is 2.46. The molecule has 0 saturated heterocycles. The standard InChI is InChI=1S/C18H20N2O2/c1-11-8-9-15(13(3)10-11)19-17(21)18(22)20-16-7-5-6-12(2)14(16)4/h5-10H,1-4H3,(H,19,21)(H,20,22). The minimum absolute atomic E-state index is 0.645. The summed E-state index contributed by atoms with van der Waals surface area (Å²) in [5.41, 5.74) is 5.35. The summed E-state index contributed by atoms with van der Waals surface area (Å²) in [6.45, 7) is 7.74. The zero-order chi connectivity index (χ0) is 16.3. The van der Waals surface area contributed by atoms with Crippen molar-refractivity contribution in [2.75, 3.05) is 10.6 Å². The van der Waals surface area contributed by atoms with Gasteiger partial charge in [-0.25, -0.2) is 0 Å². The first-order valence-electron chi connectivity index (χ1n) is 7.14. The van der Waals surface area contributed by atoms with Crippen molar-refractivity contribution in [3.8, 4) is 0 Å². The summed E-state index contributed by atoms with van der Waals surface area (Å²) in [5, 5.41) is 5.29. The lowest BCUT2D eigenvalue weighted by Gasteiger charge is -2.11. The molecule has 22 heavy (non-hydrogen) atoms. The summed E-state index contributed by atoms with van der Waals surface area (Å²) < 4.78 is 0. The number of hydrogen-bond acceptors (Lipinski definition) is 2. The predicted molar refractivity (Wildman–Crippen MR) is 89.1 cm³/mol. The quantitative estimate of drug-likeness (QED) is 0.833. The molecule has 0 atom stereocenters. The molecule has 2 aromatic carbocycles. The minimum atomic E-state index is -0.673. The van der Waals surface area contributed by atoms with Crippen LogP contribution in [-0.4, -0.2) is 11.8 Å². The number of hydrogen-bond donors (Lipinski definition) is 2. The molecular formula is C18H20N2O2. The SMILES string of the molecule is Cc1ccc(NC(=O)C(=O)Nc2cccc(C)c2C)c(C)c1. The van der Waals surface area contributed by atoms with Crippen molar-refractivity contribution >= 4 is 23.2 Å². The first-order valence-corrected chi connectivity index (χ1v) is 7.14. The zero-order valence-corrected chi connectivity index (χ0v) is 13.3. The van der Waals surface area contributed by atoms with E-state index in [0.717, 1.165) is 22.3 Å². The van der Waals surface area contributed by atoms with Gasteiger partial charge in [0.2, 0.25) is 0 Å². The van der Waals surface area contributed by atoms with Gasteiger partial charge in [-0.3, -0.25) is 9.59 Å². The molecular weight excluding hydrogens is 276 g/mol. The molecule has 2 aromatic rings. The van der Waals surface area contributed by atoms with Crippen molar-refractivity contribution in [1.82, 2.24) is 0 Å². The Hall–Kier alpha value is -2.62. The van der Waals surface area contributed by atoms with Crippen LogP contribution in [0.15, 0.2) is 36.4 Å². The van der Waals surface area contributed by atoms with Gasteiger partial charge in [0, 0.05) is 11.4 Å². The molecule has 0 aliphatic carbocycles. The molecule has 2 amide bonds. The predicted octanol–water partition coefficient (Wildman–Crippen LogP) is 3.50. The number of aryl methyl sites for hydroxylation is 3. The average molecular weight is 296 g/mol. The van der Waals surface area contributed by atoms with Gasteiger partial charge in [0.05, 0.1) is 0 Å². The fraction of sp³-hybridized carbons (Fsp3) is 0.222. The molecule has 2 N–H and O–H groups in total. The molecule has 0 fully saturated rings. The van der Waals surface area contributed by atoms with Gasteiger partial charge in [-0.2, -0.15) is 0 Å². The second kappa shape index (κ2) is 6.43. The zero-order valence-electron chi connectivity index (χ0n) is 13.3. The van der Waals surface area contributed by atoms with Gasteiger partial charge in [0.1, 0.15) is 0 Å². The van der Waals surface area contributed by atoms with E-state index in [9.17, 15) is 9.59 Å². The Bertz CT molecular complexity index is 736. The molecule has 4 heteroatoms. The largest absolute Gasteiger partial charge is 0.318 e. The highest BCUT2D eigenvalue weighted by Gasteiger charge is 2.16. The molecule has 0 unspecified atom stereocenters. The van der Waals surface area contributed by atoms with Gasteiger partial charge in [0.15, 0.2) is 0 Å². The van der Waals surface area contributed by atoms with E-state index in [2.05, 4.69) is 10.6 Å². The van der Waals surface area contributed by atoms with E-state index in [4.69, 9.17) is 0 Å². The van der Waals surface area contributed by atoms with Crippen LogP contribution >= 0.6 is 0 Å². The van der Waals surface area contributed by atoms with E-state index in [1.807, 2.05) is 52.0 Å². The Morgan fingerprint density at radius 3 is 2.05 bits per heavy atom. The Labute approximate surface area is 130 Å². The lowest BCUT2D eigenvalue weighted by molar-refractivity contribution is -0.133. The second-order valence-corrected chi connectivity index (χ2v) is 5.47. The number of carbonyl (C=O) groups excluding carboxylic acids is 2. The first-order chi connectivity index (χ1) is 10.4. The highest BCUT2D eigenvalue weighted by molar-refractivity contribution is 6.43. The van der Waals surface area contributed by atoms with Crippen LogP contribution in [0.2, 0.25) is 0 Å². The molecule has 0 heterocycles. The summed E-state index contributed by atoms with van der Waals surface area (Å²) in [5.74, 6) is -1.35. The number of amides is 2. The number of benzene rings is 2. The fourth-order valence-corrected chi connectivity index (χ4v) is 2.20. The van der Waals surface area contributed by atoms with Crippen LogP contribution in [-0.2, 0) is 9.59 Å². The van der Waals surface area contributed by atoms with Crippen LogP contribution in [0.4, 0.5) is 11.4 Å². The normalized spacial score (nSPS) is 10.2. The maximum Gasteiger partial charge on any atom is 0.314 e. The first kappa shape index (κ1) is 15.8. The van der Waals surface area contributed by atoms with Gasteiger partial charge < -0.3 is 10.6 Å². The summed E-state index contributed by atoms with van der Waals surface area (Å²) in [6.07, 6.45) is 0. The van der Waals surface area contributed by atoms with Gasteiger partial charge in [-0.1, -0.05) is 29.8 Å². The molecule has 2 rings (SSSR count). The molecule has 0 radical (unpaired) electrons. The Balaban J connectivity index is 2.09. The van der Waals surface area contributed by atoms with E-state index in [0.29, 0.717) is 11.4 Å². The highest BCUT2D eigenvalue weighted by Crippen LogP contribution is 2.19. The van der Waals surface area contributed by atoms with Crippen molar-refractivity contribution in [2.24, 2.45) is 0 Å². The molecule has 0 bridgehead atoms. The summed E-state index contributed by atoms with van der Waals surface area (Å²) in [4.78, 5) is 24.1. The lowest BCUT2D eigenvalue weighted by Crippen LogP contribution is -2.29. The maximum atomic E-state index is 12.0. The number of rotatable bonds is 2. The Morgan fingerprint density at radius 2 is 1.41 bits per heavy atom. The van der Waals surface area contributed by atoms with Crippen molar-refractivity contribution < 1.29 is 9.59 Å². The van der Waals surface area contributed by atoms with E-state index >= 15 is 0 Å². The van der Waals surface area contributed by atoms with Crippen LogP contribution in [0, 0.1) is 27.7 Å². The monoisotopic (exact) mass is 296 g/mol. The van der Waals surface area contributed by atoms with Gasteiger partial charge in [0.25, 0.3) is 0 Å². The van der Waals surface area contributed by atoms with Gasteiger partial charge >= 0.3 is 11.8 Å². The maximum absolute atomic E-state index is 12.0. The van der Waals surface area contributed by atoms with Crippen molar-refractivity contribution in [2.45, 2.75) is 27.7 Å². The fourth-order valence-electron chi connectivity index (χ4n) is 2.20. The molecule has 0 aliphatic heterocycles. The Kier molecular flexibility index (Phi) is 4.61. The van der Waals surface area contributed by atoms with Crippen LogP contribution < -0.4 is 10.6 Å². The lowest BCUT2D eigenvalue weighted by atomic mass is 10.1. The van der Waals surface area contributed by atoms with Gasteiger partial charge in [-0.15, -0.1) is 0 Å². The summed E-state index contributed by atoms with van der Waals surface area (Å²) in [6, 6.07) is 11.2. The van der Waals surface area contributed by atoms with Gasteiger partial charge in [-0.05, 0) is 56.5 Å². The van der Waals surface area contributed by atoms with Crippen LogP contribution in [0.3, 0.4) is 0 Å². The van der Waals surface area contributed by atoms with E-state index in [-0.39, 0.29) is 0 Å². The minimum Gasteiger partial charge on any atom is -0.318 e. The molecule has 114 valence electrons. The third kappa shape index (κ3) is 3.52. The van der Waals surface area contributed by atoms with Crippen molar-refractivity contribution in [3.63, 3.8) is 0 Å². The summed E-state index contributed by atoms with van der Waals surface area (Å²) >= 11 is 0. The van der Waals surface area contributed by atoms with E-state index in [1.54, 1.807) is 12.1 Å². The molecule has 0 aliphatic rings. The number of nitrogens with one attached hydrogen (secondary N) is 2. The van der Waals surface area contributed by atoms with Crippen LogP contribution in [0.5, 0.6) is 0 Å². The van der Waals surface area contributed by atoms with E-state index < -0.39 is 11.8 Å². The number of carbonyl (C=O) groups is 2. The molecule has 4 nitrogen and oxygen atoms in total. The van der Waals surface area contributed by atoms with Crippen LogP contribution in [0.25, 0.3) is 0 Å². The summed E-state index contributed by atoms with van der Waals surface area (Å²) in [7, 11) is 0. The molecule has 0 aromatic heterocycles. The number of anilines is 2. The Morgan fingerprint density at radius 1 is 0.773 bits per heavy atom. The van der Waals surface area contributed by atoms with E-state index in [1.165, 1.54) is 0 Å². The smallest absolute Gasteiger partial charge is 0.314 e. The second-order valence-electron chi connectivity index (χ2n) is 5.47. The highest BCUT2D eigenvalue weighted by atomic mass is 16.2. The topological polar surface area (TPSA) is 58.2 Å². The third-order valence-electron chi connectivity index (χ3n) is 3.69. The van der Waals surface area contributed by atoms with Crippen molar-refractivity contribution in [1.29, 1.82) is 0 Å². The van der Waals surface area contributed by atoms with Crippen molar-refractivity contribution in [3.05, 3.63) is 58.7 Å². The third-order valence-corrected chi connectivity index (χ3v) is 3.69.